The zero-order valence-corrected chi connectivity index (χ0v) is 13.2. The van der Waals surface area contributed by atoms with Crippen molar-refractivity contribution in [3.05, 3.63) is 41.3 Å². The number of H-pyrrole nitrogens is 1. The number of carbonyl (C=O) groups excluding carboxylic acids is 1. The van der Waals surface area contributed by atoms with Crippen molar-refractivity contribution in [1.29, 1.82) is 0 Å². The molecule has 3 N–H and O–H groups in total. The van der Waals surface area contributed by atoms with Crippen molar-refractivity contribution in [2.75, 3.05) is 17.2 Å². The summed E-state index contributed by atoms with van der Waals surface area (Å²) in [7, 11) is 0. The van der Waals surface area contributed by atoms with Gasteiger partial charge in [0.15, 0.2) is 5.65 Å². The fourth-order valence-electron chi connectivity index (χ4n) is 2.16. The molecule has 0 unspecified atom stereocenters. The van der Waals surface area contributed by atoms with Crippen LogP contribution in [0.1, 0.15) is 12.0 Å². The van der Waals surface area contributed by atoms with Gasteiger partial charge in [0, 0.05) is 23.7 Å². The van der Waals surface area contributed by atoms with Gasteiger partial charge in [-0.1, -0.05) is 17.7 Å². The number of nitrogens with zero attached hydrogens (tertiary/aromatic N) is 3. The third kappa shape index (κ3) is 3.40. The van der Waals surface area contributed by atoms with Gasteiger partial charge in [0.1, 0.15) is 12.1 Å². The number of hydrogen-bond donors (Lipinski definition) is 3. The number of aromatic nitrogens is 4. The van der Waals surface area contributed by atoms with E-state index in [1.165, 1.54) is 6.33 Å². The SMILES string of the molecule is Cc1c(Cl)cccc1NC(=O)CCNc1ncnc2[nH]ncc12. The highest BCUT2D eigenvalue weighted by molar-refractivity contribution is 6.31. The van der Waals surface area contributed by atoms with Gasteiger partial charge >= 0.3 is 0 Å². The molecule has 2 heterocycles. The summed E-state index contributed by atoms with van der Waals surface area (Å²) in [5.74, 6) is 0.552. The van der Waals surface area contributed by atoms with Crippen LogP contribution in [0.15, 0.2) is 30.7 Å². The Balaban J connectivity index is 1.57. The molecule has 3 rings (SSSR count). The molecule has 7 nitrogen and oxygen atoms in total. The fraction of sp³-hybridized carbons (Fsp3) is 0.200. The first-order valence-electron chi connectivity index (χ1n) is 7.08. The molecule has 0 saturated heterocycles. The Bertz CT molecular complexity index is 847. The molecule has 118 valence electrons. The fourth-order valence-corrected chi connectivity index (χ4v) is 2.33. The summed E-state index contributed by atoms with van der Waals surface area (Å²) in [6.45, 7) is 2.31. The van der Waals surface area contributed by atoms with E-state index in [9.17, 15) is 4.79 Å². The van der Waals surface area contributed by atoms with Gasteiger partial charge in [-0.05, 0) is 24.6 Å². The van der Waals surface area contributed by atoms with Crippen LogP contribution in [0.25, 0.3) is 11.0 Å². The number of anilines is 2. The molecule has 0 spiro atoms. The topological polar surface area (TPSA) is 95.6 Å². The van der Waals surface area contributed by atoms with Crippen molar-refractivity contribution in [2.45, 2.75) is 13.3 Å². The van der Waals surface area contributed by atoms with E-state index in [-0.39, 0.29) is 5.91 Å². The van der Waals surface area contributed by atoms with Crippen LogP contribution in [0.3, 0.4) is 0 Å². The van der Waals surface area contributed by atoms with Crippen molar-refractivity contribution in [3.8, 4) is 0 Å². The number of carbonyl (C=O) groups is 1. The second-order valence-electron chi connectivity index (χ2n) is 4.99. The molecular formula is C15H15ClN6O. The molecule has 0 aliphatic carbocycles. The van der Waals surface area contributed by atoms with Gasteiger partial charge < -0.3 is 10.6 Å². The summed E-state index contributed by atoms with van der Waals surface area (Å²) in [6, 6.07) is 5.42. The van der Waals surface area contributed by atoms with Crippen LogP contribution in [0.4, 0.5) is 11.5 Å². The second kappa shape index (κ2) is 6.62. The maximum absolute atomic E-state index is 12.0. The Hall–Kier alpha value is -2.67. The van der Waals surface area contributed by atoms with Crippen molar-refractivity contribution in [3.63, 3.8) is 0 Å². The van der Waals surface area contributed by atoms with E-state index < -0.39 is 0 Å². The van der Waals surface area contributed by atoms with Gasteiger partial charge in [-0.3, -0.25) is 9.89 Å². The molecule has 0 bridgehead atoms. The highest BCUT2D eigenvalue weighted by Gasteiger charge is 2.08. The average molecular weight is 331 g/mol. The quantitative estimate of drug-likeness (QED) is 0.668. The van der Waals surface area contributed by atoms with E-state index in [4.69, 9.17) is 11.6 Å². The van der Waals surface area contributed by atoms with E-state index in [1.54, 1.807) is 18.3 Å². The normalized spacial score (nSPS) is 10.7. The molecule has 2 aromatic heterocycles. The highest BCUT2D eigenvalue weighted by Crippen LogP contribution is 2.23. The maximum atomic E-state index is 12.0. The first kappa shape index (κ1) is 15.2. The molecule has 0 aliphatic heterocycles. The summed E-state index contributed by atoms with van der Waals surface area (Å²) < 4.78 is 0. The number of hydrogen-bond acceptors (Lipinski definition) is 5. The predicted molar refractivity (Wildman–Crippen MR) is 89.6 cm³/mol. The molecule has 0 saturated carbocycles. The summed E-state index contributed by atoms with van der Waals surface area (Å²) in [5, 5.41) is 14.1. The molecule has 0 atom stereocenters. The predicted octanol–water partition coefficient (Wildman–Crippen LogP) is 2.76. The number of benzene rings is 1. The third-order valence-electron chi connectivity index (χ3n) is 3.43. The number of amides is 1. The number of halogens is 1. The van der Waals surface area contributed by atoms with Gasteiger partial charge in [0.25, 0.3) is 0 Å². The van der Waals surface area contributed by atoms with Crippen molar-refractivity contribution in [2.24, 2.45) is 0 Å². The minimum Gasteiger partial charge on any atom is -0.369 e. The zero-order valence-electron chi connectivity index (χ0n) is 12.4. The van der Waals surface area contributed by atoms with Crippen LogP contribution in [-0.4, -0.2) is 32.6 Å². The van der Waals surface area contributed by atoms with Crippen LogP contribution in [0.5, 0.6) is 0 Å². The lowest BCUT2D eigenvalue weighted by atomic mass is 10.2. The summed E-state index contributed by atoms with van der Waals surface area (Å²) in [4.78, 5) is 20.2. The Labute approximate surface area is 137 Å². The first-order valence-corrected chi connectivity index (χ1v) is 7.46. The largest absolute Gasteiger partial charge is 0.369 e. The lowest BCUT2D eigenvalue weighted by Gasteiger charge is -2.10. The first-order chi connectivity index (χ1) is 11.1. The van der Waals surface area contributed by atoms with Gasteiger partial charge in [-0.15, -0.1) is 0 Å². The summed E-state index contributed by atoms with van der Waals surface area (Å²) in [6.07, 6.45) is 3.39. The van der Waals surface area contributed by atoms with Gasteiger partial charge in [-0.25, -0.2) is 9.97 Å². The Morgan fingerprint density at radius 3 is 3.09 bits per heavy atom. The van der Waals surface area contributed by atoms with Crippen molar-refractivity contribution in [1.82, 2.24) is 20.2 Å². The Morgan fingerprint density at radius 1 is 1.35 bits per heavy atom. The van der Waals surface area contributed by atoms with E-state index in [0.717, 1.165) is 16.6 Å². The van der Waals surface area contributed by atoms with Gasteiger partial charge in [0.05, 0.1) is 11.6 Å². The number of nitrogens with one attached hydrogen (secondary N) is 3. The number of rotatable bonds is 5. The number of fused-ring (bicyclic) bond motifs is 1. The lowest BCUT2D eigenvalue weighted by molar-refractivity contribution is -0.115. The van der Waals surface area contributed by atoms with Crippen LogP contribution >= 0.6 is 11.6 Å². The smallest absolute Gasteiger partial charge is 0.226 e. The van der Waals surface area contributed by atoms with E-state index >= 15 is 0 Å². The molecule has 1 aromatic carbocycles. The standard InChI is InChI=1S/C15H15ClN6O/c1-9-11(16)3-2-4-12(9)21-13(23)5-6-17-14-10-7-20-22-15(10)19-8-18-14/h2-4,7-8H,5-6H2,1H3,(H,21,23)(H2,17,18,19,20,22). The van der Waals surface area contributed by atoms with E-state index in [2.05, 4.69) is 30.8 Å². The molecule has 0 radical (unpaired) electrons. The molecule has 23 heavy (non-hydrogen) atoms. The average Bonchev–Trinajstić information content (AvgIpc) is 3.01. The monoisotopic (exact) mass is 330 g/mol. The Morgan fingerprint density at radius 2 is 2.22 bits per heavy atom. The van der Waals surface area contributed by atoms with Gasteiger partial charge in [-0.2, -0.15) is 5.10 Å². The molecule has 8 heteroatoms. The van der Waals surface area contributed by atoms with Crippen LogP contribution in [-0.2, 0) is 4.79 Å². The van der Waals surface area contributed by atoms with E-state index in [1.807, 2.05) is 13.0 Å². The van der Waals surface area contributed by atoms with Crippen molar-refractivity contribution >= 4 is 40.0 Å². The molecule has 3 aromatic rings. The van der Waals surface area contributed by atoms with Crippen LogP contribution in [0.2, 0.25) is 5.02 Å². The second-order valence-corrected chi connectivity index (χ2v) is 5.40. The summed E-state index contributed by atoms with van der Waals surface area (Å²) >= 11 is 6.04. The molecule has 0 aliphatic rings. The summed E-state index contributed by atoms with van der Waals surface area (Å²) in [5.41, 5.74) is 2.23. The van der Waals surface area contributed by atoms with Crippen LogP contribution < -0.4 is 10.6 Å². The molecule has 1 amide bonds. The third-order valence-corrected chi connectivity index (χ3v) is 3.84. The molecule has 0 fully saturated rings. The Kier molecular flexibility index (Phi) is 4.38. The minimum absolute atomic E-state index is 0.0969. The van der Waals surface area contributed by atoms with Gasteiger partial charge in [0.2, 0.25) is 5.91 Å². The minimum atomic E-state index is -0.0969. The highest BCUT2D eigenvalue weighted by atomic mass is 35.5. The van der Waals surface area contributed by atoms with Crippen molar-refractivity contribution < 1.29 is 4.79 Å². The maximum Gasteiger partial charge on any atom is 0.226 e. The van der Waals surface area contributed by atoms with E-state index in [0.29, 0.717) is 29.5 Å². The zero-order chi connectivity index (χ0) is 16.2. The molecular weight excluding hydrogens is 316 g/mol. The lowest BCUT2D eigenvalue weighted by Crippen LogP contribution is -2.17. The number of aromatic amines is 1. The van der Waals surface area contributed by atoms with Crippen LogP contribution in [0, 0.1) is 6.92 Å².